The Kier molecular flexibility index (Phi) is 5.06. The van der Waals surface area contributed by atoms with E-state index in [0.717, 1.165) is 0 Å². The second-order valence-electron chi connectivity index (χ2n) is 12.0. The number of aromatic nitrogens is 1. The fraction of sp³-hybridized carbons (Fsp3) is 0. The van der Waals surface area contributed by atoms with Gasteiger partial charge in [-0.05, 0) is 84.9 Å². The third-order valence-corrected chi connectivity index (χ3v) is 9.69. The smallest absolute Gasteiger partial charge is 0.0620 e. The Hall–Kier alpha value is -5.92. The van der Waals surface area contributed by atoms with Gasteiger partial charge in [-0.3, -0.25) is 0 Å². The Bertz CT molecular complexity index is 2610. The van der Waals surface area contributed by atoms with Gasteiger partial charge in [0.1, 0.15) is 0 Å². The first-order chi connectivity index (χ1) is 22.4. The van der Waals surface area contributed by atoms with Crippen molar-refractivity contribution in [2.24, 2.45) is 0 Å². The lowest BCUT2D eigenvalue weighted by Gasteiger charge is -2.20. The highest BCUT2D eigenvalue weighted by Crippen LogP contribution is 2.59. The van der Waals surface area contributed by atoms with Crippen molar-refractivity contribution in [1.29, 1.82) is 0 Å². The third kappa shape index (κ3) is 3.33. The molecule has 1 aliphatic rings. The molecule has 0 radical (unpaired) electrons. The Morgan fingerprint density at radius 1 is 0.333 bits per heavy atom. The van der Waals surface area contributed by atoms with Crippen molar-refractivity contribution < 1.29 is 0 Å². The lowest BCUT2D eigenvalue weighted by atomic mass is 9.82. The lowest BCUT2D eigenvalue weighted by Crippen LogP contribution is -1.94. The molecular weight excluding hydrogens is 542 g/mol. The van der Waals surface area contributed by atoms with Crippen LogP contribution in [0.5, 0.6) is 0 Å². The summed E-state index contributed by atoms with van der Waals surface area (Å²) in [4.78, 5) is 0. The zero-order valence-corrected chi connectivity index (χ0v) is 24.5. The summed E-state index contributed by atoms with van der Waals surface area (Å²) in [5, 5.41) is 7.76. The van der Waals surface area contributed by atoms with Crippen LogP contribution in [0.2, 0.25) is 0 Å². The molecule has 0 fully saturated rings. The van der Waals surface area contributed by atoms with Gasteiger partial charge in [0.25, 0.3) is 0 Å². The number of fused-ring (bicyclic) bond motifs is 8. The minimum Gasteiger partial charge on any atom is -0.309 e. The SMILES string of the molecule is c1ccc(-c2c3c(c(-c4ccccc4)c4ccccc24)-c2cc4c5ccccc5n(-c5ccccc5)c4c4cccc-3c24)cc1. The molecule has 0 bridgehead atoms. The molecule has 0 atom stereocenters. The molecule has 9 aromatic rings. The van der Waals surface area contributed by atoms with Crippen LogP contribution in [0.15, 0.2) is 164 Å². The average molecular weight is 570 g/mol. The molecule has 0 amide bonds. The topological polar surface area (TPSA) is 4.93 Å². The Morgan fingerprint density at radius 3 is 1.49 bits per heavy atom. The second kappa shape index (κ2) is 9.29. The summed E-state index contributed by atoms with van der Waals surface area (Å²) in [5.74, 6) is 0. The van der Waals surface area contributed by atoms with E-state index in [4.69, 9.17) is 0 Å². The van der Waals surface area contributed by atoms with Crippen molar-refractivity contribution in [3.8, 4) is 50.2 Å². The first-order valence-corrected chi connectivity index (χ1v) is 15.6. The second-order valence-corrected chi connectivity index (χ2v) is 12.0. The summed E-state index contributed by atoms with van der Waals surface area (Å²) < 4.78 is 2.46. The number of nitrogens with zero attached hydrogens (tertiary/aromatic N) is 1. The fourth-order valence-electron chi connectivity index (χ4n) is 7.97. The lowest BCUT2D eigenvalue weighted by molar-refractivity contribution is 1.19. The van der Waals surface area contributed by atoms with Crippen LogP contribution in [-0.2, 0) is 0 Å². The third-order valence-electron chi connectivity index (χ3n) is 9.69. The Balaban J connectivity index is 1.46. The highest BCUT2D eigenvalue weighted by atomic mass is 15.0. The fourth-order valence-corrected chi connectivity index (χ4v) is 7.97. The highest BCUT2D eigenvalue weighted by Gasteiger charge is 2.32. The maximum atomic E-state index is 2.49. The predicted molar refractivity (Wildman–Crippen MR) is 191 cm³/mol. The standard InChI is InChI=1S/C44H27N/c1-4-15-28(16-5-1)39-32-22-10-11-23-33(32)40(29-17-6-2-7-18-29)43-37-27-36-31-21-12-13-26-38(31)45(30-19-8-3-9-20-30)44(36)35-25-14-24-34(41(35)37)42(39)43/h1-27H. The van der Waals surface area contributed by atoms with Crippen molar-refractivity contribution in [3.05, 3.63) is 164 Å². The molecule has 1 heterocycles. The van der Waals surface area contributed by atoms with E-state index in [1.165, 1.54) is 93.5 Å². The van der Waals surface area contributed by atoms with Crippen LogP contribution < -0.4 is 0 Å². The number of benzene rings is 8. The number of hydrogen-bond donors (Lipinski definition) is 0. The molecule has 1 nitrogen and oxygen atoms in total. The normalized spacial score (nSPS) is 12.0. The van der Waals surface area contributed by atoms with Crippen LogP contribution >= 0.6 is 0 Å². The minimum absolute atomic E-state index is 1.18. The molecule has 1 heteroatoms. The average Bonchev–Trinajstić information content (AvgIpc) is 3.62. The molecule has 0 spiro atoms. The Labute approximate surface area is 261 Å². The van der Waals surface area contributed by atoms with Gasteiger partial charge >= 0.3 is 0 Å². The molecule has 1 aromatic heterocycles. The van der Waals surface area contributed by atoms with Crippen LogP contribution in [0, 0.1) is 0 Å². The summed E-state index contributed by atoms with van der Waals surface area (Å²) in [6.07, 6.45) is 0. The van der Waals surface area contributed by atoms with Gasteiger partial charge in [0, 0.05) is 21.8 Å². The van der Waals surface area contributed by atoms with E-state index in [1.54, 1.807) is 0 Å². The molecule has 208 valence electrons. The van der Waals surface area contributed by atoms with Crippen LogP contribution in [0.1, 0.15) is 0 Å². The van der Waals surface area contributed by atoms with Crippen molar-refractivity contribution in [3.63, 3.8) is 0 Å². The molecular formula is C44H27N. The van der Waals surface area contributed by atoms with Crippen LogP contribution in [-0.4, -0.2) is 4.57 Å². The van der Waals surface area contributed by atoms with Crippen molar-refractivity contribution in [2.45, 2.75) is 0 Å². The number of hydrogen-bond acceptors (Lipinski definition) is 0. The van der Waals surface area contributed by atoms with Gasteiger partial charge in [-0.2, -0.15) is 0 Å². The molecule has 1 aliphatic carbocycles. The highest BCUT2D eigenvalue weighted by molar-refractivity contribution is 6.32. The summed E-state index contributed by atoms with van der Waals surface area (Å²) in [5.41, 5.74) is 14.1. The number of para-hydroxylation sites is 2. The minimum atomic E-state index is 1.18. The molecule has 45 heavy (non-hydrogen) atoms. The van der Waals surface area contributed by atoms with Gasteiger partial charge in [0.05, 0.1) is 11.0 Å². The van der Waals surface area contributed by atoms with Gasteiger partial charge in [0.15, 0.2) is 0 Å². The summed E-state index contributed by atoms with van der Waals surface area (Å²) >= 11 is 0. The zero-order valence-electron chi connectivity index (χ0n) is 24.5. The van der Waals surface area contributed by atoms with Crippen molar-refractivity contribution >= 4 is 43.4 Å². The molecule has 8 aromatic carbocycles. The van der Waals surface area contributed by atoms with Crippen LogP contribution in [0.4, 0.5) is 0 Å². The largest absolute Gasteiger partial charge is 0.309 e. The first kappa shape index (κ1) is 24.5. The van der Waals surface area contributed by atoms with E-state index in [2.05, 4.69) is 168 Å². The Morgan fingerprint density at radius 2 is 0.844 bits per heavy atom. The van der Waals surface area contributed by atoms with Crippen LogP contribution in [0.3, 0.4) is 0 Å². The molecule has 0 unspecified atom stereocenters. The molecule has 0 saturated heterocycles. The summed E-state index contributed by atoms with van der Waals surface area (Å²) in [7, 11) is 0. The van der Waals surface area contributed by atoms with E-state index in [1.807, 2.05) is 0 Å². The van der Waals surface area contributed by atoms with Crippen molar-refractivity contribution in [1.82, 2.24) is 4.57 Å². The van der Waals surface area contributed by atoms with Gasteiger partial charge in [-0.15, -0.1) is 0 Å². The molecule has 10 rings (SSSR count). The van der Waals surface area contributed by atoms with Gasteiger partial charge < -0.3 is 4.57 Å². The van der Waals surface area contributed by atoms with Gasteiger partial charge in [-0.1, -0.05) is 140 Å². The number of rotatable bonds is 3. The molecule has 0 aliphatic heterocycles. The zero-order chi connectivity index (χ0) is 29.5. The van der Waals surface area contributed by atoms with E-state index in [0.29, 0.717) is 0 Å². The van der Waals surface area contributed by atoms with E-state index >= 15 is 0 Å². The monoisotopic (exact) mass is 569 g/mol. The molecule has 0 saturated carbocycles. The molecule has 0 N–H and O–H groups in total. The van der Waals surface area contributed by atoms with Crippen molar-refractivity contribution in [2.75, 3.05) is 0 Å². The van der Waals surface area contributed by atoms with Crippen LogP contribution in [0.25, 0.3) is 93.5 Å². The quantitative estimate of drug-likeness (QED) is 0.199. The van der Waals surface area contributed by atoms with Gasteiger partial charge in [0.2, 0.25) is 0 Å². The summed E-state index contributed by atoms with van der Waals surface area (Å²) in [6, 6.07) is 60.0. The summed E-state index contributed by atoms with van der Waals surface area (Å²) in [6.45, 7) is 0. The van der Waals surface area contributed by atoms with Gasteiger partial charge in [-0.25, -0.2) is 0 Å². The van der Waals surface area contributed by atoms with E-state index in [9.17, 15) is 0 Å². The van der Waals surface area contributed by atoms with E-state index in [-0.39, 0.29) is 0 Å². The first-order valence-electron chi connectivity index (χ1n) is 15.6. The maximum absolute atomic E-state index is 2.49. The predicted octanol–water partition coefficient (Wildman–Crippen LogP) is 12.1. The maximum Gasteiger partial charge on any atom is 0.0620 e. The van der Waals surface area contributed by atoms with E-state index < -0.39 is 0 Å².